The normalized spacial score (nSPS) is 11.0. The van der Waals surface area contributed by atoms with Crippen LogP contribution in [0.25, 0.3) is 10.2 Å². The van der Waals surface area contributed by atoms with Gasteiger partial charge in [0.25, 0.3) is 0 Å². The predicted octanol–water partition coefficient (Wildman–Crippen LogP) is 4.85. The van der Waals surface area contributed by atoms with Crippen molar-refractivity contribution in [3.8, 4) is 0 Å². The number of fused-ring (bicyclic) bond motifs is 1. The first kappa shape index (κ1) is 23.6. The molecule has 0 bridgehead atoms. The van der Waals surface area contributed by atoms with Gasteiger partial charge in [0.05, 0.1) is 21.7 Å². The van der Waals surface area contributed by atoms with Gasteiger partial charge in [-0.05, 0) is 42.8 Å². The molecule has 0 aliphatic heterocycles. The number of nitrogens with one attached hydrogen (secondary N) is 2. The zero-order valence-corrected chi connectivity index (χ0v) is 20.9. The number of hydrogen-bond donors (Lipinski definition) is 2. The van der Waals surface area contributed by atoms with Crippen LogP contribution in [-0.2, 0) is 16.6 Å². The number of nitrogens with zero attached hydrogens (tertiary/aromatic N) is 4. The Morgan fingerprint density at radius 1 is 1.06 bits per heavy atom. The molecule has 0 unspecified atom stereocenters. The second-order valence-electron chi connectivity index (χ2n) is 7.02. The number of thiazole rings is 1. The summed E-state index contributed by atoms with van der Waals surface area (Å²) in [4.78, 5) is 29.1. The molecule has 2 N–H and O–H groups in total. The third-order valence-electron chi connectivity index (χ3n) is 4.44. The number of amides is 2. The van der Waals surface area contributed by atoms with Crippen LogP contribution < -0.4 is 10.6 Å². The number of aromatic nitrogens is 4. The van der Waals surface area contributed by atoms with Crippen molar-refractivity contribution in [1.29, 1.82) is 0 Å². The molecule has 33 heavy (non-hydrogen) atoms. The fraction of sp³-hybridized carbons (Fsp3) is 0.190. The van der Waals surface area contributed by atoms with Gasteiger partial charge < -0.3 is 15.2 Å². The number of anilines is 2. The molecule has 0 fully saturated rings. The summed E-state index contributed by atoms with van der Waals surface area (Å²) in [5, 5.41) is 14.8. The maximum atomic E-state index is 12.3. The predicted molar refractivity (Wildman–Crippen MR) is 136 cm³/mol. The SMILES string of the molecule is Cc1ccc(NC(=O)CSc2nc3ccc(NC(=O)CSc4nncn4C)cc3s2)cc1Cl. The number of aryl methyl sites for hydroxylation is 2. The van der Waals surface area contributed by atoms with Gasteiger partial charge in [-0.2, -0.15) is 0 Å². The van der Waals surface area contributed by atoms with Crippen molar-refractivity contribution in [2.24, 2.45) is 7.05 Å². The number of carbonyl (C=O) groups excluding carboxylic acids is 2. The zero-order chi connectivity index (χ0) is 23.4. The first-order valence-corrected chi connectivity index (χ1v) is 12.9. The van der Waals surface area contributed by atoms with Crippen molar-refractivity contribution in [1.82, 2.24) is 19.7 Å². The lowest BCUT2D eigenvalue weighted by molar-refractivity contribution is -0.114. The van der Waals surface area contributed by atoms with Gasteiger partial charge in [-0.1, -0.05) is 41.2 Å². The van der Waals surface area contributed by atoms with E-state index >= 15 is 0 Å². The van der Waals surface area contributed by atoms with Crippen molar-refractivity contribution >= 4 is 79.9 Å². The lowest BCUT2D eigenvalue weighted by Crippen LogP contribution is -2.14. The van der Waals surface area contributed by atoms with E-state index in [9.17, 15) is 9.59 Å². The second kappa shape index (κ2) is 10.6. The summed E-state index contributed by atoms with van der Waals surface area (Å²) in [7, 11) is 1.83. The standard InChI is InChI=1S/C21H19ClN6O2S3/c1-12-3-4-13(7-15(12)22)24-19(30)10-32-21-26-16-6-5-14(8-17(16)33-21)25-18(29)9-31-20-27-23-11-28(20)2/h3-8,11H,9-10H2,1-2H3,(H,24,30)(H,25,29). The summed E-state index contributed by atoms with van der Waals surface area (Å²) in [6.45, 7) is 1.91. The highest BCUT2D eigenvalue weighted by Gasteiger charge is 2.11. The van der Waals surface area contributed by atoms with Crippen LogP contribution in [0.3, 0.4) is 0 Å². The molecule has 2 amide bonds. The maximum Gasteiger partial charge on any atom is 0.234 e. The molecular formula is C21H19ClN6O2S3. The van der Waals surface area contributed by atoms with Crippen LogP contribution in [0.5, 0.6) is 0 Å². The molecule has 2 aromatic heterocycles. The van der Waals surface area contributed by atoms with E-state index in [1.807, 2.05) is 44.3 Å². The summed E-state index contributed by atoms with van der Waals surface area (Å²) in [6, 6.07) is 11.0. The Labute approximate surface area is 207 Å². The minimum Gasteiger partial charge on any atom is -0.325 e. The van der Waals surface area contributed by atoms with Crippen LogP contribution in [0.2, 0.25) is 5.02 Å². The van der Waals surface area contributed by atoms with Crippen LogP contribution >= 0.6 is 46.5 Å². The largest absolute Gasteiger partial charge is 0.325 e. The van der Waals surface area contributed by atoms with E-state index in [0.717, 1.165) is 20.1 Å². The lowest BCUT2D eigenvalue weighted by Gasteiger charge is -2.06. The van der Waals surface area contributed by atoms with Gasteiger partial charge in [-0.3, -0.25) is 9.59 Å². The maximum absolute atomic E-state index is 12.3. The van der Waals surface area contributed by atoms with Gasteiger partial charge in [0.15, 0.2) is 9.50 Å². The van der Waals surface area contributed by atoms with Crippen LogP contribution in [0.1, 0.15) is 5.56 Å². The Kier molecular flexibility index (Phi) is 7.53. The Balaban J connectivity index is 1.31. The highest BCUT2D eigenvalue weighted by Crippen LogP contribution is 2.31. The molecule has 0 aliphatic carbocycles. The summed E-state index contributed by atoms with van der Waals surface area (Å²) < 4.78 is 3.47. The quantitative estimate of drug-likeness (QED) is 0.321. The fourth-order valence-electron chi connectivity index (χ4n) is 2.77. The molecule has 0 radical (unpaired) electrons. The molecule has 170 valence electrons. The Hall–Kier alpha value is -2.60. The van der Waals surface area contributed by atoms with E-state index in [1.165, 1.54) is 34.9 Å². The number of thioether (sulfide) groups is 2. The van der Waals surface area contributed by atoms with E-state index in [4.69, 9.17) is 11.6 Å². The van der Waals surface area contributed by atoms with E-state index in [2.05, 4.69) is 25.8 Å². The number of halogens is 1. The van der Waals surface area contributed by atoms with Gasteiger partial charge in [-0.25, -0.2) is 4.98 Å². The van der Waals surface area contributed by atoms with Gasteiger partial charge in [0.2, 0.25) is 11.8 Å². The summed E-state index contributed by atoms with van der Waals surface area (Å²) in [6.07, 6.45) is 1.59. The molecule has 2 aromatic carbocycles. The minimum atomic E-state index is -0.132. The van der Waals surface area contributed by atoms with E-state index in [1.54, 1.807) is 17.0 Å². The van der Waals surface area contributed by atoms with E-state index in [0.29, 0.717) is 21.6 Å². The molecule has 4 aromatic rings. The van der Waals surface area contributed by atoms with Crippen LogP contribution in [0.15, 0.2) is 52.2 Å². The number of rotatable bonds is 8. The van der Waals surface area contributed by atoms with Gasteiger partial charge in [0.1, 0.15) is 6.33 Å². The molecule has 0 spiro atoms. The zero-order valence-electron chi connectivity index (χ0n) is 17.7. The summed E-state index contributed by atoms with van der Waals surface area (Å²) >= 11 is 10.3. The summed E-state index contributed by atoms with van der Waals surface area (Å²) in [5.74, 6) is 0.200. The first-order chi connectivity index (χ1) is 15.9. The number of carbonyl (C=O) groups is 2. The Morgan fingerprint density at radius 2 is 1.76 bits per heavy atom. The molecule has 2 heterocycles. The molecule has 4 rings (SSSR count). The Morgan fingerprint density at radius 3 is 2.45 bits per heavy atom. The van der Waals surface area contributed by atoms with Crippen LogP contribution in [-0.4, -0.2) is 43.1 Å². The highest BCUT2D eigenvalue weighted by molar-refractivity contribution is 8.01. The summed E-state index contributed by atoms with van der Waals surface area (Å²) in [5.41, 5.74) is 3.14. The molecule has 0 aliphatic rings. The monoisotopic (exact) mass is 518 g/mol. The van der Waals surface area contributed by atoms with E-state index < -0.39 is 0 Å². The minimum absolute atomic E-state index is 0.130. The topological polar surface area (TPSA) is 102 Å². The van der Waals surface area contributed by atoms with Crippen molar-refractivity contribution in [2.45, 2.75) is 16.4 Å². The fourth-order valence-corrected chi connectivity index (χ4v) is 5.54. The van der Waals surface area contributed by atoms with Gasteiger partial charge in [-0.15, -0.1) is 21.5 Å². The molecule has 0 atom stereocenters. The smallest absolute Gasteiger partial charge is 0.234 e. The van der Waals surface area contributed by atoms with Crippen molar-refractivity contribution < 1.29 is 9.59 Å². The number of benzene rings is 2. The third kappa shape index (κ3) is 6.26. The van der Waals surface area contributed by atoms with Crippen LogP contribution in [0.4, 0.5) is 11.4 Å². The second-order valence-corrected chi connectivity index (χ2v) is 10.6. The van der Waals surface area contributed by atoms with E-state index in [-0.39, 0.29) is 23.3 Å². The molecule has 8 nitrogen and oxygen atoms in total. The van der Waals surface area contributed by atoms with Gasteiger partial charge >= 0.3 is 0 Å². The van der Waals surface area contributed by atoms with Crippen LogP contribution in [0, 0.1) is 6.92 Å². The van der Waals surface area contributed by atoms with Crippen molar-refractivity contribution in [3.63, 3.8) is 0 Å². The van der Waals surface area contributed by atoms with Crippen molar-refractivity contribution in [3.05, 3.63) is 53.3 Å². The van der Waals surface area contributed by atoms with Gasteiger partial charge in [0, 0.05) is 23.4 Å². The number of hydrogen-bond acceptors (Lipinski definition) is 8. The average molecular weight is 519 g/mol. The molecule has 0 saturated heterocycles. The molecule has 12 heteroatoms. The molecule has 0 saturated carbocycles. The lowest BCUT2D eigenvalue weighted by atomic mass is 10.2. The highest BCUT2D eigenvalue weighted by atomic mass is 35.5. The van der Waals surface area contributed by atoms with Crippen molar-refractivity contribution in [2.75, 3.05) is 22.1 Å². The third-order valence-corrected chi connectivity index (χ3v) is 8.04. The first-order valence-electron chi connectivity index (χ1n) is 9.73. The average Bonchev–Trinajstić information content (AvgIpc) is 3.38. The Bertz CT molecular complexity index is 1320. The molecular weight excluding hydrogens is 500 g/mol.